The van der Waals surface area contributed by atoms with E-state index in [0.717, 1.165) is 30.6 Å². The Balaban J connectivity index is 1.73. The lowest BCUT2D eigenvalue weighted by atomic mass is 9.64. The van der Waals surface area contributed by atoms with Crippen LogP contribution in [0.15, 0.2) is 47.1 Å². The molecule has 1 aromatic heterocycles. The third kappa shape index (κ3) is 3.21. The zero-order valence-electron chi connectivity index (χ0n) is 14.1. The maximum absolute atomic E-state index is 13.0. The van der Waals surface area contributed by atoms with E-state index < -0.39 is 5.41 Å². The number of hydrogen-bond acceptors (Lipinski definition) is 3. The number of amides is 1. The van der Waals surface area contributed by atoms with Crippen molar-refractivity contribution in [2.75, 3.05) is 20.6 Å². The minimum atomic E-state index is -0.440. The number of rotatable bonds is 6. The second-order valence-corrected chi connectivity index (χ2v) is 7.09. The van der Waals surface area contributed by atoms with Crippen LogP contribution >= 0.6 is 11.6 Å². The lowest BCUT2D eigenvalue weighted by Gasteiger charge is -2.41. The van der Waals surface area contributed by atoms with Crippen molar-refractivity contribution in [3.05, 3.63) is 59.0 Å². The molecular weight excluding hydrogens is 324 g/mol. The largest absolute Gasteiger partial charge is 0.468 e. The number of hydrogen-bond donors (Lipinski definition) is 1. The van der Waals surface area contributed by atoms with Crippen LogP contribution in [0.1, 0.15) is 36.6 Å². The highest BCUT2D eigenvalue weighted by Gasteiger charge is 2.45. The Morgan fingerprint density at radius 3 is 2.67 bits per heavy atom. The molecular formula is C19H23ClN2O2. The molecule has 2 aromatic rings. The van der Waals surface area contributed by atoms with Crippen LogP contribution in [0.5, 0.6) is 0 Å². The molecule has 1 heterocycles. The topological polar surface area (TPSA) is 45.5 Å². The van der Waals surface area contributed by atoms with Gasteiger partial charge in [-0.3, -0.25) is 9.69 Å². The van der Waals surface area contributed by atoms with E-state index >= 15 is 0 Å². The summed E-state index contributed by atoms with van der Waals surface area (Å²) in [5.41, 5.74) is 0.573. The summed E-state index contributed by atoms with van der Waals surface area (Å²) in [4.78, 5) is 15.0. The van der Waals surface area contributed by atoms with Crippen molar-refractivity contribution < 1.29 is 9.21 Å². The van der Waals surface area contributed by atoms with Gasteiger partial charge < -0.3 is 9.73 Å². The first-order chi connectivity index (χ1) is 11.5. The van der Waals surface area contributed by atoms with Crippen LogP contribution in [0.2, 0.25) is 5.02 Å². The Kier molecular flexibility index (Phi) is 4.97. The molecule has 4 nitrogen and oxygen atoms in total. The van der Waals surface area contributed by atoms with E-state index in [9.17, 15) is 4.79 Å². The van der Waals surface area contributed by atoms with Gasteiger partial charge in [-0.25, -0.2) is 0 Å². The molecule has 0 bridgehead atoms. The maximum Gasteiger partial charge on any atom is 0.230 e. The number of carbonyl (C=O) groups excluding carboxylic acids is 1. The van der Waals surface area contributed by atoms with Crippen LogP contribution in [0, 0.1) is 0 Å². The fraction of sp³-hybridized carbons (Fsp3) is 0.421. The molecule has 1 saturated carbocycles. The molecule has 128 valence electrons. The molecule has 1 N–H and O–H groups in total. The molecule has 1 aromatic carbocycles. The molecule has 1 aliphatic rings. The predicted octanol–water partition coefficient (Wildman–Crippen LogP) is 3.77. The average Bonchev–Trinajstić information content (AvgIpc) is 3.00. The van der Waals surface area contributed by atoms with E-state index in [1.165, 1.54) is 0 Å². The summed E-state index contributed by atoms with van der Waals surface area (Å²) in [5.74, 6) is 0.931. The number of carbonyl (C=O) groups is 1. The molecule has 3 rings (SSSR count). The van der Waals surface area contributed by atoms with Gasteiger partial charge in [0.1, 0.15) is 5.76 Å². The van der Waals surface area contributed by atoms with Gasteiger partial charge in [0.15, 0.2) is 0 Å². The number of benzene rings is 1. The van der Waals surface area contributed by atoms with Crippen molar-refractivity contribution in [3.63, 3.8) is 0 Å². The minimum absolute atomic E-state index is 0.0143. The highest BCUT2D eigenvalue weighted by Crippen LogP contribution is 2.44. The van der Waals surface area contributed by atoms with Crippen LogP contribution in [-0.4, -0.2) is 31.4 Å². The van der Waals surface area contributed by atoms with Gasteiger partial charge >= 0.3 is 0 Å². The molecule has 24 heavy (non-hydrogen) atoms. The van der Waals surface area contributed by atoms with Gasteiger partial charge in [0.25, 0.3) is 0 Å². The van der Waals surface area contributed by atoms with E-state index in [1.54, 1.807) is 6.26 Å². The lowest BCUT2D eigenvalue weighted by molar-refractivity contribution is -0.130. The number of halogens is 1. The molecule has 0 saturated heterocycles. The van der Waals surface area contributed by atoms with E-state index in [4.69, 9.17) is 16.0 Å². The van der Waals surface area contributed by atoms with E-state index in [2.05, 4.69) is 5.32 Å². The Morgan fingerprint density at radius 1 is 1.33 bits per heavy atom. The van der Waals surface area contributed by atoms with Crippen molar-refractivity contribution in [1.29, 1.82) is 0 Å². The number of furan rings is 1. The quantitative estimate of drug-likeness (QED) is 0.865. The maximum atomic E-state index is 13.0. The lowest BCUT2D eigenvalue weighted by Crippen LogP contribution is -2.50. The summed E-state index contributed by atoms with van der Waals surface area (Å²) in [7, 11) is 3.96. The van der Waals surface area contributed by atoms with Gasteiger partial charge in [-0.05, 0) is 56.8 Å². The van der Waals surface area contributed by atoms with Crippen molar-refractivity contribution in [2.45, 2.75) is 30.7 Å². The number of nitrogens with zero attached hydrogens (tertiary/aromatic N) is 1. The predicted molar refractivity (Wildman–Crippen MR) is 95.1 cm³/mol. The SMILES string of the molecule is CN(C)C(CNC(=O)C1(c2cccc(Cl)c2)CCC1)c1ccco1. The minimum Gasteiger partial charge on any atom is -0.468 e. The summed E-state index contributed by atoms with van der Waals surface area (Å²) < 4.78 is 5.51. The van der Waals surface area contributed by atoms with Crippen molar-refractivity contribution in [3.8, 4) is 0 Å². The normalized spacial score (nSPS) is 17.3. The van der Waals surface area contributed by atoms with Gasteiger partial charge in [-0.15, -0.1) is 0 Å². The highest BCUT2D eigenvalue weighted by atomic mass is 35.5. The average molecular weight is 347 g/mol. The first kappa shape index (κ1) is 17.1. The second-order valence-electron chi connectivity index (χ2n) is 6.65. The standard InChI is InChI=1S/C19H23ClN2O2/c1-22(2)16(17-8-4-11-24-17)13-21-18(23)19(9-5-10-19)14-6-3-7-15(20)12-14/h3-4,6-8,11-12,16H,5,9-10,13H2,1-2H3,(H,21,23). The van der Waals surface area contributed by atoms with E-state index in [-0.39, 0.29) is 11.9 Å². The molecule has 1 fully saturated rings. The fourth-order valence-corrected chi connectivity index (χ4v) is 3.53. The smallest absolute Gasteiger partial charge is 0.230 e. The molecule has 0 spiro atoms. The summed E-state index contributed by atoms with van der Waals surface area (Å²) in [6.07, 6.45) is 4.46. The monoisotopic (exact) mass is 346 g/mol. The zero-order valence-corrected chi connectivity index (χ0v) is 14.8. The van der Waals surface area contributed by atoms with Crippen LogP contribution in [-0.2, 0) is 10.2 Å². The molecule has 1 aliphatic carbocycles. The Morgan fingerprint density at radius 2 is 2.12 bits per heavy atom. The molecule has 1 amide bonds. The van der Waals surface area contributed by atoms with Crippen molar-refractivity contribution in [2.24, 2.45) is 0 Å². The van der Waals surface area contributed by atoms with Gasteiger partial charge in [-0.1, -0.05) is 30.2 Å². The van der Waals surface area contributed by atoms with Gasteiger partial charge in [0.2, 0.25) is 5.91 Å². The summed E-state index contributed by atoms with van der Waals surface area (Å²) in [5, 5.41) is 3.80. The summed E-state index contributed by atoms with van der Waals surface area (Å²) in [6.45, 7) is 0.516. The number of nitrogens with one attached hydrogen (secondary N) is 1. The fourth-order valence-electron chi connectivity index (χ4n) is 3.34. The van der Waals surface area contributed by atoms with Gasteiger partial charge in [0.05, 0.1) is 17.7 Å². The van der Waals surface area contributed by atoms with Gasteiger partial charge in [-0.2, -0.15) is 0 Å². The Hall–Kier alpha value is -1.78. The molecule has 0 aliphatic heterocycles. The molecule has 1 unspecified atom stereocenters. The van der Waals surface area contributed by atoms with Crippen molar-refractivity contribution in [1.82, 2.24) is 10.2 Å². The third-order valence-corrected chi connectivity index (χ3v) is 5.20. The second kappa shape index (κ2) is 6.99. The van der Waals surface area contributed by atoms with Gasteiger partial charge in [0, 0.05) is 11.6 Å². The van der Waals surface area contributed by atoms with Crippen LogP contribution in [0.3, 0.4) is 0 Å². The van der Waals surface area contributed by atoms with E-state index in [0.29, 0.717) is 11.6 Å². The molecule has 1 atom stereocenters. The third-order valence-electron chi connectivity index (χ3n) is 4.97. The van der Waals surface area contributed by atoms with Crippen LogP contribution in [0.4, 0.5) is 0 Å². The van der Waals surface area contributed by atoms with E-state index in [1.807, 2.05) is 55.4 Å². The number of likely N-dealkylation sites (N-methyl/N-ethyl adjacent to an activating group) is 1. The van der Waals surface area contributed by atoms with Crippen LogP contribution < -0.4 is 5.32 Å². The summed E-state index contributed by atoms with van der Waals surface area (Å²) >= 11 is 6.12. The Labute approximate surface area is 147 Å². The first-order valence-electron chi connectivity index (χ1n) is 8.27. The molecule has 0 radical (unpaired) electrons. The van der Waals surface area contributed by atoms with Crippen LogP contribution in [0.25, 0.3) is 0 Å². The summed E-state index contributed by atoms with van der Waals surface area (Å²) in [6, 6.07) is 11.5. The van der Waals surface area contributed by atoms with Crippen molar-refractivity contribution >= 4 is 17.5 Å². The highest BCUT2D eigenvalue weighted by molar-refractivity contribution is 6.30. The zero-order chi connectivity index (χ0) is 17.2. The Bertz CT molecular complexity index is 693. The molecule has 5 heteroatoms. The first-order valence-corrected chi connectivity index (χ1v) is 8.65.